The number of para-hydroxylation sites is 1. The van der Waals surface area contributed by atoms with E-state index in [1.807, 2.05) is 30.3 Å². The first kappa shape index (κ1) is 22.8. The van der Waals surface area contributed by atoms with Crippen LogP contribution in [0.5, 0.6) is 0 Å². The lowest BCUT2D eigenvalue weighted by molar-refractivity contribution is 0.0920. The Morgan fingerprint density at radius 1 is 1.09 bits per heavy atom. The second kappa shape index (κ2) is 9.36. The number of piperidine rings is 1. The normalized spacial score (nSPS) is 16.3. The fourth-order valence-electron chi connectivity index (χ4n) is 4.57. The number of nitrogens with zero attached hydrogens (tertiary/aromatic N) is 3. The fraction of sp³-hybridized carbons (Fsp3) is 0.400. The molecule has 5 rings (SSSR count). The van der Waals surface area contributed by atoms with Gasteiger partial charge in [-0.1, -0.05) is 18.2 Å². The maximum atomic E-state index is 13.3. The lowest BCUT2D eigenvalue weighted by atomic mass is 10.0. The van der Waals surface area contributed by atoms with Crippen molar-refractivity contribution >= 4 is 28.7 Å². The summed E-state index contributed by atoms with van der Waals surface area (Å²) >= 11 is 0. The average Bonchev–Trinajstić information content (AvgIpc) is 3.70. The first-order valence-corrected chi connectivity index (χ1v) is 12.0. The fourth-order valence-corrected chi connectivity index (χ4v) is 4.57. The zero-order chi connectivity index (χ0) is 24.5. The number of carbonyl (C=O) groups excluding carboxylic acids is 2. The number of aromatic nitrogens is 3. The van der Waals surface area contributed by atoms with Gasteiger partial charge in [0.05, 0.1) is 10.9 Å². The number of hydrogen-bond acceptors (Lipinski definition) is 5. The second-order valence-corrected chi connectivity index (χ2v) is 9.10. The monoisotopic (exact) mass is 476 g/mol. The standard InChI is InChI=1S/C25H28N6O4/c1-2-31-21-20(23(33)29-25(31)35)18(14-19(28-21)15-8-9-15)22(32)26-17-10-12-30(13-11-17)24(34)27-16-6-4-3-5-7-16/h3-7,14-15,17H,2,8-13H2,1H3,(H,26,32)(H,27,34)(H,29,33,35). The highest BCUT2D eigenvalue weighted by atomic mass is 16.2. The van der Waals surface area contributed by atoms with Crippen LogP contribution in [0.1, 0.15) is 54.6 Å². The van der Waals surface area contributed by atoms with Gasteiger partial charge in [-0.2, -0.15) is 0 Å². The Bertz CT molecular complexity index is 1380. The molecule has 0 unspecified atom stereocenters. The summed E-state index contributed by atoms with van der Waals surface area (Å²) in [5.41, 5.74) is 0.829. The summed E-state index contributed by atoms with van der Waals surface area (Å²) in [5.74, 6) is -0.115. The molecule has 1 saturated heterocycles. The Kier molecular flexibility index (Phi) is 6.10. The lowest BCUT2D eigenvalue weighted by Crippen LogP contribution is -2.48. The van der Waals surface area contributed by atoms with Crippen LogP contribution in [0.25, 0.3) is 11.0 Å². The van der Waals surface area contributed by atoms with Crippen LogP contribution in [-0.4, -0.2) is 50.5 Å². The number of rotatable bonds is 5. The average molecular weight is 477 g/mol. The molecule has 35 heavy (non-hydrogen) atoms. The van der Waals surface area contributed by atoms with E-state index in [0.29, 0.717) is 32.5 Å². The summed E-state index contributed by atoms with van der Waals surface area (Å²) in [5, 5.41) is 6.05. The number of urea groups is 1. The smallest absolute Gasteiger partial charge is 0.329 e. The van der Waals surface area contributed by atoms with Gasteiger partial charge in [0, 0.05) is 43.0 Å². The highest BCUT2D eigenvalue weighted by Crippen LogP contribution is 2.39. The van der Waals surface area contributed by atoms with Gasteiger partial charge in [-0.3, -0.25) is 19.1 Å². The van der Waals surface area contributed by atoms with Crippen LogP contribution in [0.2, 0.25) is 0 Å². The molecule has 10 heteroatoms. The Morgan fingerprint density at radius 2 is 1.80 bits per heavy atom. The van der Waals surface area contributed by atoms with Crippen LogP contribution >= 0.6 is 0 Å². The summed E-state index contributed by atoms with van der Waals surface area (Å²) < 4.78 is 1.39. The van der Waals surface area contributed by atoms with Crippen molar-refractivity contribution in [2.24, 2.45) is 0 Å². The number of hydrogen-bond donors (Lipinski definition) is 3. The molecular formula is C25H28N6O4. The molecule has 2 aliphatic rings. The van der Waals surface area contributed by atoms with Gasteiger partial charge in [-0.15, -0.1) is 0 Å². The Labute approximate surface area is 201 Å². The van der Waals surface area contributed by atoms with Crippen molar-refractivity contribution in [1.82, 2.24) is 24.8 Å². The van der Waals surface area contributed by atoms with Crippen LogP contribution < -0.4 is 21.9 Å². The molecule has 3 N–H and O–H groups in total. The van der Waals surface area contributed by atoms with Gasteiger partial charge in [0.1, 0.15) is 0 Å². The molecule has 182 valence electrons. The van der Waals surface area contributed by atoms with E-state index in [2.05, 4.69) is 20.6 Å². The zero-order valence-electron chi connectivity index (χ0n) is 19.5. The number of nitrogens with one attached hydrogen (secondary N) is 3. The quantitative estimate of drug-likeness (QED) is 0.521. The van der Waals surface area contributed by atoms with Gasteiger partial charge < -0.3 is 15.5 Å². The van der Waals surface area contributed by atoms with Crippen molar-refractivity contribution < 1.29 is 9.59 Å². The van der Waals surface area contributed by atoms with Crippen LogP contribution in [0.15, 0.2) is 46.0 Å². The molecule has 10 nitrogen and oxygen atoms in total. The van der Waals surface area contributed by atoms with Crippen molar-refractivity contribution in [2.45, 2.75) is 51.1 Å². The largest absolute Gasteiger partial charge is 0.349 e. The number of fused-ring (bicyclic) bond motifs is 1. The van der Waals surface area contributed by atoms with Crippen molar-refractivity contribution in [3.05, 3.63) is 68.5 Å². The van der Waals surface area contributed by atoms with E-state index in [9.17, 15) is 19.2 Å². The molecule has 1 aliphatic heterocycles. The second-order valence-electron chi connectivity index (χ2n) is 9.10. The maximum Gasteiger partial charge on any atom is 0.329 e. The molecule has 3 heterocycles. The summed E-state index contributed by atoms with van der Waals surface area (Å²) in [6.07, 6.45) is 3.15. The summed E-state index contributed by atoms with van der Waals surface area (Å²) in [7, 11) is 0. The number of benzene rings is 1. The molecular weight excluding hydrogens is 448 g/mol. The van der Waals surface area contributed by atoms with Gasteiger partial charge >= 0.3 is 11.7 Å². The first-order chi connectivity index (χ1) is 16.9. The number of H-pyrrole nitrogens is 1. The van der Waals surface area contributed by atoms with E-state index in [1.54, 1.807) is 17.9 Å². The number of anilines is 1. The number of amides is 3. The van der Waals surface area contributed by atoms with E-state index in [1.165, 1.54) is 4.57 Å². The summed E-state index contributed by atoms with van der Waals surface area (Å²) in [4.78, 5) is 59.6. The van der Waals surface area contributed by atoms with Crippen LogP contribution in [0.4, 0.5) is 10.5 Å². The number of pyridine rings is 1. The Hall–Kier alpha value is -3.95. The topological polar surface area (TPSA) is 129 Å². The summed E-state index contributed by atoms with van der Waals surface area (Å²) in [6.45, 7) is 3.14. The van der Waals surface area contributed by atoms with Crippen molar-refractivity contribution in [1.29, 1.82) is 0 Å². The molecule has 2 fully saturated rings. The highest BCUT2D eigenvalue weighted by molar-refractivity contribution is 6.05. The Morgan fingerprint density at radius 3 is 2.46 bits per heavy atom. The van der Waals surface area contributed by atoms with Crippen LogP contribution in [0.3, 0.4) is 0 Å². The van der Waals surface area contributed by atoms with Gasteiger partial charge in [0.25, 0.3) is 11.5 Å². The zero-order valence-corrected chi connectivity index (χ0v) is 19.5. The molecule has 0 bridgehead atoms. The predicted octanol–water partition coefficient (Wildman–Crippen LogP) is 2.41. The van der Waals surface area contributed by atoms with Crippen molar-refractivity contribution in [3.63, 3.8) is 0 Å². The molecule has 1 saturated carbocycles. The van der Waals surface area contributed by atoms with Gasteiger partial charge in [0.15, 0.2) is 5.65 Å². The van der Waals surface area contributed by atoms with Gasteiger partial charge in [0.2, 0.25) is 0 Å². The van der Waals surface area contributed by atoms with E-state index in [-0.39, 0.29) is 40.5 Å². The van der Waals surface area contributed by atoms with Gasteiger partial charge in [-0.25, -0.2) is 14.6 Å². The lowest BCUT2D eigenvalue weighted by Gasteiger charge is -2.32. The predicted molar refractivity (Wildman–Crippen MR) is 132 cm³/mol. The highest BCUT2D eigenvalue weighted by Gasteiger charge is 2.30. The first-order valence-electron chi connectivity index (χ1n) is 12.0. The molecule has 1 aliphatic carbocycles. The molecule has 0 atom stereocenters. The molecule has 1 aromatic carbocycles. The molecule has 2 aromatic heterocycles. The van der Waals surface area contributed by atoms with Crippen molar-refractivity contribution in [2.75, 3.05) is 18.4 Å². The number of aromatic amines is 1. The molecule has 0 radical (unpaired) electrons. The van der Waals surface area contributed by atoms with Gasteiger partial charge in [-0.05, 0) is 50.8 Å². The van der Waals surface area contributed by atoms with Crippen LogP contribution in [-0.2, 0) is 6.54 Å². The molecule has 3 aromatic rings. The minimum absolute atomic E-state index is 0.132. The Balaban J connectivity index is 1.33. The minimum Gasteiger partial charge on any atom is -0.349 e. The minimum atomic E-state index is -0.609. The third kappa shape index (κ3) is 4.68. The van der Waals surface area contributed by atoms with E-state index in [4.69, 9.17) is 0 Å². The van der Waals surface area contributed by atoms with E-state index >= 15 is 0 Å². The number of carbonyl (C=O) groups is 2. The van der Waals surface area contributed by atoms with Crippen LogP contribution in [0, 0.1) is 0 Å². The molecule has 3 amide bonds. The third-order valence-corrected chi connectivity index (χ3v) is 6.67. The number of likely N-dealkylation sites (tertiary alicyclic amines) is 1. The summed E-state index contributed by atoms with van der Waals surface area (Å²) in [6, 6.07) is 10.7. The number of aryl methyl sites for hydroxylation is 1. The maximum absolute atomic E-state index is 13.3. The van der Waals surface area contributed by atoms with Crippen molar-refractivity contribution in [3.8, 4) is 0 Å². The molecule has 0 spiro atoms. The van der Waals surface area contributed by atoms with E-state index < -0.39 is 11.2 Å². The SMILES string of the molecule is CCn1c(=O)[nH]c(=O)c2c(C(=O)NC3CCN(C(=O)Nc4ccccc4)CC3)cc(C3CC3)nc21. The van der Waals surface area contributed by atoms with E-state index in [0.717, 1.165) is 24.2 Å². The third-order valence-electron chi connectivity index (χ3n) is 6.67.